The largest absolute Gasteiger partial charge is 0.435 e. The number of halogens is 2. The molecule has 0 bridgehead atoms. The zero-order chi connectivity index (χ0) is 18.3. The summed E-state index contributed by atoms with van der Waals surface area (Å²) in [6.45, 7) is 4.98. The van der Waals surface area contributed by atoms with Crippen molar-refractivity contribution in [1.29, 1.82) is 0 Å². The van der Waals surface area contributed by atoms with Gasteiger partial charge in [0, 0.05) is 31.2 Å². The molecule has 1 aromatic carbocycles. The summed E-state index contributed by atoms with van der Waals surface area (Å²) < 4.78 is 33.8. The summed E-state index contributed by atoms with van der Waals surface area (Å²) in [7, 11) is 0. The highest BCUT2D eigenvalue weighted by molar-refractivity contribution is 5.91. The van der Waals surface area contributed by atoms with Crippen molar-refractivity contribution in [1.82, 2.24) is 10.2 Å². The molecule has 0 aliphatic carbocycles. The van der Waals surface area contributed by atoms with Crippen LogP contribution in [-0.2, 0) is 9.53 Å². The van der Waals surface area contributed by atoms with E-state index in [-0.39, 0.29) is 17.2 Å². The molecular weight excluding hydrogens is 330 g/mol. The molecule has 1 aromatic rings. The van der Waals surface area contributed by atoms with Crippen LogP contribution in [-0.4, -0.2) is 55.8 Å². The van der Waals surface area contributed by atoms with Crippen LogP contribution in [0.4, 0.5) is 8.78 Å². The van der Waals surface area contributed by atoms with E-state index in [0.29, 0.717) is 19.8 Å². The maximum absolute atomic E-state index is 12.1. The molecule has 25 heavy (non-hydrogen) atoms. The number of rotatable bonds is 7. The third-order valence-corrected chi connectivity index (χ3v) is 4.09. The van der Waals surface area contributed by atoms with Gasteiger partial charge in [0.05, 0.1) is 13.2 Å². The number of nitrogens with one attached hydrogen (secondary N) is 1. The van der Waals surface area contributed by atoms with Crippen LogP contribution >= 0.6 is 0 Å². The maximum Gasteiger partial charge on any atom is 0.387 e. The zero-order valence-corrected chi connectivity index (χ0v) is 14.5. The number of benzene rings is 1. The molecule has 0 unspecified atom stereocenters. The first-order chi connectivity index (χ1) is 11.9. The minimum absolute atomic E-state index is 0.0869. The molecule has 1 aliphatic rings. The van der Waals surface area contributed by atoms with E-state index in [1.165, 1.54) is 18.2 Å². The van der Waals surface area contributed by atoms with Crippen molar-refractivity contribution >= 4 is 12.0 Å². The molecule has 5 nitrogen and oxygen atoms in total. The Morgan fingerprint density at radius 3 is 2.56 bits per heavy atom. The molecule has 0 saturated carbocycles. The van der Waals surface area contributed by atoms with Crippen LogP contribution in [0.3, 0.4) is 0 Å². The van der Waals surface area contributed by atoms with Crippen molar-refractivity contribution in [2.45, 2.75) is 26.0 Å². The Balaban J connectivity index is 1.81. The van der Waals surface area contributed by atoms with Crippen LogP contribution in [0.25, 0.3) is 6.08 Å². The topological polar surface area (TPSA) is 50.8 Å². The molecule has 138 valence electrons. The van der Waals surface area contributed by atoms with Gasteiger partial charge in [0.1, 0.15) is 5.75 Å². The number of hydrogen-bond acceptors (Lipinski definition) is 4. The predicted molar refractivity (Wildman–Crippen MR) is 91.6 cm³/mol. The number of morpholine rings is 1. The highest BCUT2D eigenvalue weighted by atomic mass is 19.3. The molecular formula is C18H24F2N2O3. The highest BCUT2D eigenvalue weighted by Crippen LogP contribution is 2.16. The van der Waals surface area contributed by atoms with Crippen LogP contribution in [0, 0.1) is 0 Å². The molecule has 2 rings (SSSR count). The van der Waals surface area contributed by atoms with Gasteiger partial charge in [-0.25, -0.2) is 0 Å². The van der Waals surface area contributed by atoms with Gasteiger partial charge in [0.25, 0.3) is 0 Å². The Kier molecular flexibility index (Phi) is 6.90. The summed E-state index contributed by atoms with van der Waals surface area (Å²) in [5.74, 6) is -0.113. The normalized spacial score (nSPS) is 16.4. The molecule has 7 heteroatoms. The van der Waals surface area contributed by atoms with Crippen LogP contribution < -0.4 is 10.1 Å². The van der Waals surface area contributed by atoms with Crippen LogP contribution in [0.2, 0.25) is 0 Å². The SMILES string of the molecule is CC(C)(CNC(=O)/C=C/c1ccc(OC(F)F)cc1)N1CCOCC1. The summed E-state index contributed by atoms with van der Waals surface area (Å²) >= 11 is 0. The lowest BCUT2D eigenvalue weighted by Gasteiger charge is -2.40. The van der Waals surface area contributed by atoms with Gasteiger partial charge in [-0.3, -0.25) is 9.69 Å². The van der Waals surface area contributed by atoms with E-state index in [0.717, 1.165) is 18.7 Å². The van der Waals surface area contributed by atoms with Crippen LogP contribution in [0.1, 0.15) is 19.4 Å². The minimum Gasteiger partial charge on any atom is -0.435 e. The van der Waals surface area contributed by atoms with E-state index >= 15 is 0 Å². The Bertz CT molecular complexity index is 582. The van der Waals surface area contributed by atoms with Gasteiger partial charge >= 0.3 is 6.61 Å². The molecule has 1 saturated heterocycles. The fourth-order valence-corrected chi connectivity index (χ4v) is 2.58. The van der Waals surface area contributed by atoms with Gasteiger partial charge in [-0.1, -0.05) is 12.1 Å². The molecule has 1 aliphatic heterocycles. The van der Waals surface area contributed by atoms with Crippen molar-refractivity contribution < 1.29 is 23.0 Å². The van der Waals surface area contributed by atoms with E-state index < -0.39 is 6.61 Å². The third-order valence-electron chi connectivity index (χ3n) is 4.09. The van der Waals surface area contributed by atoms with Crippen molar-refractivity contribution in [2.75, 3.05) is 32.8 Å². The number of amides is 1. The second-order valence-corrected chi connectivity index (χ2v) is 6.41. The van der Waals surface area contributed by atoms with Gasteiger partial charge < -0.3 is 14.8 Å². The van der Waals surface area contributed by atoms with Gasteiger partial charge in [0.15, 0.2) is 0 Å². The van der Waals surface area contributed by atoms with E-state index in [1.807, 2.05) is 0 Å². The molecule has 1 N–H and O–H groups in total. The summed E-state index contributed by atoms with van der Waals surface area (Å²) in [5, 5.41) is 2.90. The van der Waals surface area contributed by atoms with E-state index in [9.17, 15) is 13.6 Å². The number of alkyl halides is 2. The zero-order valence-electron chi connectivity index (χ0n) is 14.5. The predicted octanol–water partition coefficient (Wildman–Crippen LogP) is 2.53. The number of nitrogens with zero attached hydrogens (tertiary/aromatic N) is 1. The van der Waals surface area contributed by atoms with Gasteiger partial charge in [-0.2, -0.15) is 8.78 Å². The maximum atomic E-state index is 12.1. The second kappa shape index (κ2) is 8.92. The number of carbonyl (C=O) groups is 1. The van der Waals surface area contributed by atoms with Gasteiger partial charge in [0.2, 0.25) is 5.91 Å². The molecule has 1 heterocycles. The molecule has 0 atom stereocenters. The first-order valence-electron chi connectivity index (χ1n) is 8.20. The Morgan fingerprint density at radius 1 is 1.32 bits per heavy atom. The Hall–Kier alpha value is -1.99. The van der Waals surface area contributed by atoms with Gasteiger partial charge in [-0.15, -0.1) is 0 Å². The van der Waals surface area contributed by atoms with Crippen molar-refractivity contribution in [3.63, 3.8) is 0 Å². The average molecular weight is 354 g/mol. The molecule has 0 radical (unpaired) electrons. The van der Waals surface area contributed by atoms with Crippen LogP contribution in [0.5, 0.6) is 5.75 Å². The van der Waals surface area contributed by atoms with E-state index in [4.69, 9.17) is 4.74 Å². The summed E-state index contributed by atoms with van der Waals surface area (Å²) in [6.07, 6.45) is 3.06. The summed E-state index contributed by atoms with van der Waals surface area (Å²) in [4.78, 5) is 14.3. The van der Waals surface area contributed by atoms with Gasteiger partial charge in [-0.05, 0) is 37.6 Å². The van der Waals surface area contributed by atoms with E-state index in [1.54, 1.807) is 18.2 Å². The minimum atomic E-state index is -2.85. The lowest BCUT2D eigenvalue weighted by Crippen LogP contribution is -2.55. The number of ether oxygens (including phenoxy) is 2. The Morgan fingerprint density at radius 2 is 1.96 bits per heavy atom. The lowest BCUT2D eigenvalue weighted by molar-refractivity contribution is -0.117. The van der Waals surface area contributed by atoms with Crippen LogP contribution in [0.15, 0.2) is 30.3 Å². The molecule has 1 fully saturated rings. The lowest BCUT2D eigenvalue weighted by atomic mass is 10.0. The standard InChI is InChI=1S/C18H24F2N2O3/c1-18(2,22-9-11-24-12-10-22)13-21-16(23)8-5-14-3-6-15(7-4-14)25-17(19)20/h3-8,17H,9-13H2,1-2H3,(H,21,23)/b8-5+. The first-order valence-corrected chi connectivity index (χ1v) is 8.20. The fraction of sp³-hybridized carbons (Fsp3) is 0.500. The van der Waals surface area contributed by atoms with Crippen molar-refractivity contribution in [3.8, 4) is 5.75 Å². The Labute approximate surface area is 146 Å². The second-order valence-electron chi connectivity index (χ2n) is 6.41. The van der Waals surface area contributed by atoms with Crippen molar-refractivity contribution in [3.05, 3.63) is 35.9 Å². The summed E-state index contributed by atoms with van der Waals surface area (Å²) in [5.41, 5.74) is 0.575. The number of carbonyl (C=O) groups excluding carboxylic acids is 1. The molecule has 0 spiro atoms. The smallest absolute Gasteiger partial charge is 0.387 e. The van der Waals surface area contributed by atoms with Crippen molar-refractivity contribution in [2.24, 2.45) is 0 Å². The first kappa shape index (κ1) is 19.3. The molecule has 1 amide bonds. The summed E-state index contributed by atoms with van der Waals surface area (Å²) in [6, 6.07) is 6.09. The average Bonchev–Trinajstić information content (AvgIpc) is 2.60. The monoisotopic (exact) mass is 354 g/mol. The fourth-order valence-electron chi connectivity index (χ4n) is 2.58. The quantitative estimate of drug-likeness (QED) is 0.765. The highest BCUT2D eigenvalue weighted by Gasteiger charge is 2.28. The molecule has 0 aromatic heterocycles. The third kappa shape index (κ3) is 6.43. The number of hydrogen-bond donors (Lipinski definition) is 1. The van der Waals surface area contributed by atoms with E-state index in [2.05, 4.69) is 28.8 Å².